The van der Waals surface area contributed by atoms with Crippen LogP contribution in [-0.2, 0) is 26.2 Å². The van der Waals surface area contributed by atoms with Crippen LogP contribution in [0.4, 0.5) is 10.1 Å². The summed E-state index contributed by atoms with van der Waals surface area (Å²) in [6.45, 7) is 5.25. The Kier molecular flexibility index (Phi) is 11.4. The van der Waals surface area contributed by atoms with Gasteiger partial charge in [0, 0.05) is 28.7 Å². The number of sulfonamides is 1. The van der Waals surface area contributed by atoms with Crippen molar-refractivity contribution in [2.75, 3.05) is 24.0 Å². The van der Waals surface area contributed by atoms with Crippen molar-refractivity contribution in [2.24, 2.45) is 0 Å². The highest BCUT2D eigenvalue weighted by atomic mass is 35.5. The van der Waals surface area contributed by atoms with Crippen LogP contribution >= 0.6 is 23.2 Å². The van der Waals surface area contributed by atoms with Gasteiger partial charge in [0.2, 0.25) is 11.8 Å². The molecule has 2 amide bonds. The zero-order valence-corrected chi connectivity index (χ0v) is 25.3. The predicted octanol–water partition coefficient (Wildman–Crippen LogP) is 5.67. The van der Waals surface area contributed by atoms with E-state index in [0.717, 1.165) is 28.6 Å². The Morgan fingerprint density at radius 2 is 1.59 bits per heavy atom. The van der Waals surface area contributed by atoms with Crippen LogP contribution in [0.15, 0.2) is 71.6 Å². The Bertz CT molecular complexity index is 1430. The molecule has 3 aromatic carbocycles. The number of nitrogens with zero attached hydrogens (tertiary/aromatic N) is 2. The molecule has 1 unspecified atom stereocenters. The quantitative estimate of drug-likeness (QED) is 0.265. The lowest BCUT2D eigenvalue weighted by Crippen LogP contribution is -2.51. The number of carbonyl (C=O) groups is 2. The van der Waals surface area contributed by atoms with Gasteiger partial charge in [0.1, 0.15) is 24.2 Å². The van der Waals surface area contributed by atoms with Crippen LogP contribution in [0.2, 0.25) is 10.0 Å². The van der Waals surface area contributed by atoms with Crippen molar-refractivity contribution in [1.29, 1.82) is 0 Å². The van der Waals surface area contributed by atoms with E-state index in [2.05, 4.69) is 5.32 Å². The van der Waals surface area contributed by atoms with Crippen molar-refractivity contribution in [1.82, 2.24) is 10.2 Å². The summed E-state index contributed by atoms with van der Waals surface area (Å²) in [6.07, 6.45) is 0.685. The van der Waals surface area contributed by atoms with Gasteiger partial charge in [-0.25, -0.2) is 12.8 Å². The number of benzene rings is 3. The molecule has 0 saturated carbocycles. The molecule has 8 nitrogen and oxygen atoms in total. The molecule has 0 saturated heterocycles. The number of amides is 2. The minimum atomic E-state index is -4.35. The molecule has 1 atom stereocenters. The smallest absolute Gasteiger partial charge is 0.264 e. The number of hydrogen-bond donors (Lipinski definition) is 1. The Balaban J connectivity index is 2.06. The molecule has 0 aromatic heterocycles. The second-order valence-electron chi connectivity index (χ2n) is 9.08. The fourth-order valence-corrected chi connectivity index (χ4v) is 5.90. The molecule has 3 aromatic rings. The first kappa shape index (κ1) is 32.2. The van der Waals surface area contributed by atoms with Crippen LogP contribution < -0.4 is 14.4 Å². The fourth-order valence-electron chi connectivity index (χ4n) is 3.97. The van der Waals surface area contributed by atoms with Crippen molar-refractivity contribution >= 4 is 50.7 Å². The third kappa shape index (κ3) is 8.12. The number of nitrogens with one attached hydrogen (secondary N) is 1. The Hall–Kier alpha value is -3.34. The minimum absolute atomic E-state index is 0.147. The van der Waals surface area contributed by atoms with Crippen LogP contribution in [0.1, 0.15) is 32.8 Å². The van der Waals surface area contributed by atoms with Crippen LogP contribution in [0.25, 0.3) is 0 Å². The number of halogens is 3. The lowest BCUT2D eigenvalue weighted by molar-refractivity contribution is -0.139. The molecule has 12 heteroatoms. The van der Waals surface area contributed by atoms with Crippen molar-refractivity contribution in [3.8, 4) is 5.75 Å². The topological polar surface area (TPSA) is 96.0 Å². The first-order valence-corrected chi connectivity index (χ1v) is 15.2. The summed E-state index contributed by atoms with van der Waals surface area (Å²) in [4.78, 5) is 27.9. The number of anilines is 1. The largest absolute Gasteiger partial charge is 0.494 e. The van der Waals surface area contributed by atoms with Gasteiger partial charge in [-0.1, -0.05) is 36.2 Å². The molecule has 41 heavy (non-hydrogen) atoms. The first-order valence-electron chi connectivity index (χ1n) is 13.0. The summed E-state index contributed by atoms with van der Waals surface area (Å²) in [5, 5.41) is 3.35. The summed E-state index contributed by atoms with van der Waals surface area (Å²) in [6, 6.07) is 14.4. The van der Waals surface area contributed by atoms with Gasteiger partial charge < -0.3 is 15.0 Å². The van der Waals surface area contributed by atoms with Gasteiger partial charge in [-0.05, 0) is 80.9 Å². The third-order valence-corrected chi connectivity index (χ3v) is 8.72. The molecule has 0 heterocycles. The number of ether oxygens (including phenoxy) is 1. The lowest BCUT2D eigenvalue weighted by Gasteiger charge is -2.32. The molecule has 0 fully saturated rings. The Labute approximate surface area is 250 Å². The lowest BCUT2D eigenvalue weighted by atomic mass is 10.1. The van der Waals surface area contributed by atoms with Crippen LogP contribution in [-0.4, -0.2) is 50.9 Å². The highest BCUT2D eigenvalue weighted by molar-refractivity contribution is 7.92. The van der Waals surface area contributed by atoms with Crippen molar-refractivity contribution < 1.29 is 27.1 Å². The van der Waals surface area contributed by atoms with Gasteiger partial charge in [-0.3, -0.25) is 13.9 Å². The highest BCUT2D eigenvalue weighted by Crippen LogP contribution is 2.29. The molecule has 1 N–H and O–H groups in total. The average molecular weight is 625 g/mol. The minimum Gasteiger partial charge on any atom is -0.494 e. The molecule has 0 aliphatic rings. The highest BCUT2D eigenvalue weighted by Gasteiger charge is 2.33. The standard InChI is InChI=1S/C29H32Cl2FN3O5S/c1-4-17-33-29(37)20(3)34(18-25-26(30)7-6-8-27(25)31)28(36)19-35(22-11-13-23(14-12-22)40-5-2)41(38,39)24-15-9-21(32)10-16-24/h6-16,20H,4-5,17-19H2,1-3H3,(H,33,37). The summed E-state index contributed by atoms with van der Waals surface area (Å²) >= 11 is 12.8. The molecule has 0 spiro atoms. The van der Waals surface area contributed by atoms with Gasteiger partial charge >= 0.3 is 0 Å². The van der Waals surface area contributed by atoms with Gasteiger partial charge in [-0.2, -0.15) is 0 Å². The number of rotatable bonds is 13. The Morgan fingerprint density at radius 1 is 0.976 bits per heavy atom. The molecular formula is C29H32Cl2FN3O5S. The SMILES string of the molecule is CCCNC(=O)C(C)N(Cc1c(Cl)cccc1Cl)C(=O)CN(c1ccc(OCC)cc1)S(=O)(=O)c1ccc(F)cc1. The Morgan fingerprint density at radius 3 is 2.15 bits per heavy atom. The summed E-state index contributed by atoms with van der Waals surface area (Å²) in [7, 11) is -4.35. The summed E-state index contributed by atoms with van der Waals surface area (Å²) in [5.41, 5.74) is 0.582. The summed E-state index contributed by atoms with van der Waals surface area (Å²) in [5.74, 6) is -1.20. The van der Waals surface area contributed by atoms with E-state index >= 15 is 0 Å². The van der Waals surface area contributed by atoms with E-state index in [9.17, 15) is 22.4 Å². The van der Waals surface area contributed by atoms with Gasteiger partial charge in [0.15, 0.2) is 0 Å². The molecule has 0 aliphatic heterocycles. The third-order valence-electron chi connectivity index (χ3n) is 6.22. The van der Waals surface area contributed by atoms with Crippen LogP contribution in [0, 0.1) is 5.82 Å². The van der Waals surface area contributed by atoms with E-state index in [1.807, 2.05) is 13.8 Å². The maximum atomic E-state index is 13.9. The molecule has 3 rings (SSSR count). The van der Waals surface area contributed by atoms with Crippen LogP contribution in [0.3, 0.4) is 0 Å². The van der Waals surface area contributed by atoms with E-state index < -0.39 is 40.2 Å². The second kappa shape index (κ2) is 14.5. The molecule has 0 radical (unpaired) electrons. The van der Waals surface area contributed by atoms with Gasteiger partial charge in [-0.15, -0.1) is 0 Å². The number of hydrogen-bond acceptors (Lipinski definition) is 5. The zero-order valence-electron chi connectivity index (χ0n) is 22.9. The fraction of sp³-hybridized carbons (Fsp3) is 0.310. The molecule has 0 aliphatic carbocycles. The van der Waals surface area contributed by atoms with Crippen molar-refractivity contribution in [3.05, 3.63) is 88.2 Å². The monoisotopic (exact) mass is 623 g/mol. The maximum absolute atomic E-state index is 13.9. The predicted molar refractivity (Wildman–Crippen MR) is 158 cm³/mol. The van der Waals surface area contributed by atoms with Crippen molar-refractivity contribution in [2.45, 2.75) is 44.7 Å². The average Bonchev–Trinajstić information content (AvgIpc) is 2.95. The van der Waals surface area contributed by atoms with Crippen LogP contribution in [0.5, 0.6) is 5.75 Å². The maximum Gasteiger partial charge on any atom is 0.264 e. The normalized spacial score (nSPS) is 12.0. The molecular weight excluding hydrogens is 592 g/mol. The van der Waals surface area contributed by atoms with E-state index in [4.69, 9.17) is 27.9 Å². The van der Waals surface area contributed by atoms with Gasteiger partial charge in [0.25, 0.3) is 10.0 Å². The van der Waals surface area contributed by atoms with Crippen molar-refractivity contribution in [3.63, 3.8) is 0 Å². The number of carbonyl (C=O) groups excluding carboxylic acids is 2. The molecule has 220 valence electrons. The second-order valence-corrected chi connectivity index (χ2v) is 11.8. The van der Waals surface area contributed by atoms with E-state index in [1.54, 1.807) is 37.3 Å². The van der Waals surface area contributed by atoms with E-state index in [-0.39, 0.29) is 17.1 Å². The zero-order chi connectivity index (χ0) is 30.2. The van der Waals surface area contributed by atoms with Gasteiger partial charge in [0.05, 0.1) is 17.2 Å². The molecule has 0 bridgehead atoms. The van der Waals surface area contributed by atoms with E-state index in [0.29, 0.717) is 40.9 Å². The summed E-state index contributed by atoms with van der Waals surface area (Å²) < 4.78 is 47.6. The first-order chi connectivity index (χ1) is 19.5. The van der Waals surface area contributed by atoms with E-state index in [1.165, 1.54) is 17.0 Å².